The van der Waals surface area contributed by atoms with Crippen LogP contribution in [0.5, 0.6) is 0 Å². The second kappa shape index (κ2) is 8.88. The number of amides is 1. The Bertz CT molecular complexity index is 596. The number of fused-ring (bicyclic) bond motifs is 1. The Kier molecular flexibility index (Phi) is 6.56. The first-order valence-corrected chi connectivity index (χ1v) is 9.41. The molecular weight excluding hydrogens is 335 g/mol. The van der Waals surface area contributed by atoms with E-state index in [9.17, 15) is 9.18 Å². The lowest BCUT2D eigenvalue weighted by Gasteiger charge is -2.40. The highest BCUT2D eigenvalue weighted by Gasteiger charge is 2.35. The summed E-state index contributed by atoms with van der Waals surface area (Å²) >= 11 is 0. The van der Waals surface area contributed by atoms with Gasteiger partial charge in [-0.25, -0.2) is 4.39 Å². The number of aromatic nitrogens is 1. The predicted octanol–water partition coefficient (Wildman–Crippen LogP) is 1.02. The molecule has 2 aliphatic heterocycles. The van der Waals surface area contributed by atoms with E-state index in [1.807, 2.05) is 4.90 Å². The van der Waals surface area contributed by atoms with Gasteiger partial charge >= 0.3 is 0 Å². The van der Waals surface area contributed by atoms with Gasteiger partial charge in [0, 0.05) is 44.5 Å². The lowest BCUT2D eigenvalue weighted by atomic mass is 10.0. The highest BCUT2D eigenvalue weighted by atomic mass is 19.1. The molecule has 26 heavy (non-hydrogen) atoms. The lowest BCUT2D eigenvalue weighted by Crippen LogP contribution is -2.52. The van der Waals surface area contributed by atoms with Crippen molar-refractivity contribution in [3.05, 3.63) is 29.8 Å². The van der Waals surface area contributed by atoms with Crippen LogP contribution in [-0.4, -0.2) is 91.2 Å². The Morgan fingerprint density at radius 2 is 2.12 bits per heavy atom. The van der Waals surface area contributed by atoms with Crippen molar-refractivity contribution in [1.29, 1.82) is 0 Å². The van der Waals surface area contributed by atoms with Gasteiger partial charge in [0.05, 0.1) is 25.3 Å². The van der Waals surface area contributed by atoms with Crippen molar-refractivity contribution in [3.8, 4) is 0 Å². The molecule has 2 saturated heterocycles. The van der Waals surface area contributed by atoms with Gasteiger partial charge in [0.15, 0.2) is 0 Å². The van der Waals surface area contributed by atoms with E-state index < -0.39 is 0 Å². The normalized spacial score (nSPS) is 24.4. The molecule has 0 aromatic carbocycles. The number of morpholine rings is 1. The van der Waals surface area contributed by atoms with Crippen molar-refractivity contribution in [2.24, 2.45) is 0 Å². The molecule has 2 fully saturated rings. The quantitative estimate of drug-likeness (QED) is 0.781. The molecule has 1 aromatic heterocycles. The number of rotatable bonds is 5. The molecule has 0 N–H and O–H groups in total. The number of hydrogen-bond acceptors (Lipinski definition) is 5. The van der Waals surface area contributed by atoms with Crippen LogP contribution >= 0.6 is 0 Å². The van der Waals surface area contributed by atoms with E-state index in [0.717, 1.165) is 51.8 Å². The molecule has 2 unspecified atom stereocenters. The molecule has 1 amide bonds. The van der Waals surface area contributed by atoms with Crippen molar-refractivity contribution >= 4 is 5.91 Å². The fourth-order valence-electron chi connectivity index (χ4n) is 3.79. The Hall–Kier alpha value is -1.57. The van der Waals surface area contributed by atoms with Crippen molar-refractivity contribution in [2.75, 3.05) is 53.4 Å². The first-order valence-electron chi connectivity index (χ1n) is 9.41. The minimum absolute atomic E-state index is 0.0580. The molecule has 2 atom stereocenters. The minimum atomic E-state index is -0.380. The summed E-state index contributed by atoms with van der Waals surface area (Å²) in [6.45, 7) is 5.24. The standard InChI is InChI=1S/C19H29FN4O2/c1-22(2)9-10-23-11-12-26-18-6-8-24(7-5-17(18)23)19(25)13-16-4-3-15(20)14-21-16/h3-4,14,17-18H,5-13H2,1-2H3. The van der Waals surface area contributed by atoms with E-state index in [1.165, 1.54) is 6.07 Å². The van der Waals surface area contributed by atoms with Crippen LogP contribution in [0.3, 0.4) is 0 Å². The zero-order chi connectivity index (χ0) is 18.5. The summed E-state index contributed by atoms with van der Waals surface area (Å²) in [4.78, 5) is 23.3. The van der Waals surface area contributed by atoms with Crippen LogP contribution in [0.15, 0.2) is 18.3 Å². The Morgan fingerprint density at radius 1 is 1.31 bits per heavy atom. The van der Waals surface area contributed by atoms with Gasteiger partial charge in [-0.15, -0.1) is 0 Å². The zero-order valence-electron chi connectivity index (χ0n) is 15.7. The Balaban J connectivity index is 1.57. The summed E-state index contributed by atoms with van der Waals surface area (Å²) in [5.41, 5.74) is 0.613. The maximum atomic E-state index is 13.0. The first-order chi connectivity index (χ1) is 12.5. The third-order valence-electron chi connectivity index (χ3n) is 5.30. The highest BCUT2D eigenvalue weighted by Crippen LogP contribution is 2.24. The summed E-state index contributed by atoms with van der Waals surface area (Å²) in [6.07, 6.45) is 3.39. The molecule has 0 radical (unpaired) electrons. The van der Waals surface area contributed by atoms with Crippen molar-refractivity contribution < 1.29 is 13.9 Å². The molecule has 6 nitrogen and oxygen atoms in total. The van der Waals surface area contributed by atoms with Gasteiger partial charge in [-0.05, 0) is 39.1 Å². The van der Waals surface area contributed by atoms with Crippen LogP contribution in [0.2, 0.25) is 0 Å². The topological polar surface area (TPSA) is 48.9 Å². The molecule has 0 bridgehead atoms. The molecule has 0 spiro atoms. The average Bonchev–Trinajstić information content (AvgIpc) is 2.85. The van der Waals surface area contributed by atoms with Gasteiger partial charge in [0.2, 0.25) is 5.91 Å². The number of nitrogens with zero attached hydrogens (tertiary/aromatic N) is 4. The second-order valence-electron chi connectivity index (χ2n) is 7.42. The maximum Gasteiger partial charge on any atom is 0.228 e. The number of likely N-dealkylation sites (N-methyl/N-ethyl adjacent to an activating group) is 1. The summed E-state index contributed by atoms with van der Waals surface area (Å²) < 4.78 is 19.0. The molecule has 0 aliphatic carbocycles. The number of carbonyl (C=O) groups is 1. The average molecular weight is 364 g/mol. The fourth-order valence-corrected chi connectivity index (χ4v) is 3.79. The van der Waals surface area contributed by atoms with Gasteiger partial charge < -0.3 is 14.5 Å². The van der Waals surface area contributed by atoms with E-state index >= 15 is 0 Å². The maximum absolute atomic E-state index is 13.0. The zero-order valence-corrected chi connectivity index (χ0v) is 15.7. The van der Waals surface area contributed by atoms with Crippen LogP contribution in [0.4, 0.5) is 4.39 Å². The third-order valence-corrected chi connectivity index (χ3v) is 5.30. The van der Waals surface area contributed by atoms with E-state index in [2.05, 4.69) is 28.9 Å². The summed E-state index contributed by atoms with van der Waals surface area (Å²) in [7, 11) is 4.18. The molecule has 7 heteroatoms. The summed E-state index contributed by atoms with van der Waals surface area (Å²) in [5, 5.41) is 0. The summed E-state index contributed by atoms with van der Waals surface area (Å²) in [5.74, 6) is -0.322. The fraction of sp³-hybridized carbons (Fsp3) is 0.684. The first kappa shape index (κ1) is 19.2. The number of likely N-dealkylation sites (tertiary alicyclic amines) is 1. The molecule has 2 aliphatic rings. The van der Waals surface area contributed by atoms with Crippen LogP contribution in [0.1, 0.15) is 18.5 Å². The van der Waals surface area contributed by atoms with Gasteiger partial charge in [-0.2, -0.15) is 0 Å². The van der Waals surface area contributed by atoms with Crippen LogP contribution < -0.4 is 0 Å². The SMILES string of the molecule is CN(C)CCN1CCOC2CCN(C(=O)Cc3ccc(F)cn3)CCC21. The van der Waals surface area contributed by atoms with Gasteiger partial charge in [0.1, 0.15) is 5.82 Å². The number of hydrogen-bond donors (Lipinski definition) is 0. The van der Waals surface area contributed by atoms with E-state index in [1.54, 1.807) is 6.07 Å². The smallest absolute Gasteiger partial charge is 0.228 e. The highest BCUT2D eigenvalue weighted by molar-refractivity contribution is 5.78. The van der Waals surface area contributed by atoms with Crippen molar-refractivity contribution in [2.45, 2.75) is 31.4 Å². The minimum Gasteiger partial charge on any atom is -0.375 e. The molecule has 1 aromatic rings. The Morgan fingerprint density at radius 3 is 2.85 bits per heavy atom. The van der Waals surface area contributed by atoms with E-state index in [0.29, 0.717) is 18.3 Å². The molecule has 144 valence electrons. The predicted molar refractivity (Wildman–Crippen MR) is 97.4 cm³/mol. The monoisotopic (exact) mass is 364 g/mol. The molecule has 3 heterocycles. The third kappa shape index (κ3) is 4.99. The number of pyridine rings is 1. The van der Waals surface area contributed by atoms with Gasteiger partial charge in [0.25, 0.3) is 0 Å². The molecule has 0 saturated carbocycles. The number of halogens is 1. The van der Waals surface area contributed by atoms with Crippen molar-refractivity contribution in [3.63, 3.8) is 0 Å². The van der Waals surface area contributed by atoms with Gasteiger partial charge in [-0.3, -0.25) is 14.7 Å². The largest absolute Gasteiger partial charge is 0.375 e. The van der Waals surface area contributed by atoms with Crippen molar-refractivity contribution in [1.82, 2.24) is 19.7 Å². The summed E-state index contributed by atoms with van der Waals surface area (Å²) in [6, 6.07) is 3.31. The van der Waals surface area contributed by atoms with Crippen LogP contribution in [-0.2, 0) is 16.0 Å². The van der Waals surface area contributed by atoms with Crippen LogP contribution in [0.25, 0.3) is 0 Å². The Labute approximate surface area is 154 Å². The van der Waals surface area contributed by atoms with E-state index in [4.69, 9.17) is 4.74 Å². The van der Waals surface area contributed by atoms with Crippen LogP contribution in [0, 0.1) is 5.82 Å². The number of ether oxygens (including phenoxy) is 1. The lowest BCUT2D eigenvalue weighted by molar-refractivity contribution is -0.130. The molecule has 3 rings (SSSR count). The van der Waals surface area contributed by atoms with Gasteiger partial charge in [-0.1, -0.05) is 0 Å². The number of carbonyl (C=O) groups excluding carboxylic acids is 1. The molecular formula is C19H29FN4O2. The second-order valence-corrected chi connectivity index (χ2v) is 7.42. The van der Waals surface area contributed by atoms with E-state index in [-0.39, 0.29) is 24.2 Å².